The maximum absolute atomic E-state index is 13.3. The molecule has 1 heterocycles. The lowest BCUT2D eigenvalue weighted by molar-refractivity contribution is -0.384. The molecule has 210 valence electrons. The number of carbonyl (C=O) groups excluding carboxylic acids is 2. The number of H-pyrrole nitrogens is 1. The van der Waals surface area contributed by atoms with Gasteiger partial charge >= 0.3 is 5.97 Å². The molecule has 5 rings (SSSR count). The van der Waals surface area contributed by atoms with Crippen LogP contribution in [0.5, 0.6) is 11.5 Å². The third-order valence-corrected chi connectivity index (χ3v) is 6.67. The molecular weight excluding hydrogens is 536 g/mol. The van der Waals surface area contributed by atoms with E-state index in [9.17, 15) is 19.7 Å². The summed E-state index contributed by atoms with van der Waals surface area (Å²) in [4.78, 5) is 39.5. The van der Waals surface area contributed by atoms with E-state index in [0.717, 1.165) is 34.0 Å². The van der Waals surface area contributed by atoms with Gasteiger partial charge in [-0.3, -0.25) is 14.9 Å². The number of methoxy groups -OCH3 is 1. The zero-order chi connectivity index (χ0) is 29.6. The van der Waals surface area contributed by atoms with Crippen molar-refractivity contribution in [1.82, 2.24) is 10.4 Å². The normalized spacial score (nSPS) is 11.0. The van der Waals surface area contributed by atoms with Gasteiger partial charge in [0.05, 0.1) is 23.8 Å². The van der Waals surface area contributed by atoms with Crippen LogP contribution in [0.4, 0.5) is 5.69 Å². The molecule has 0 spiro atoms. The molecule has 2 N–H and O–H groups in total. The minimum Gasteiger partial charge on any atom is -0.493 e. The molecule has 10 heteroatoms. The van der Waals surface area contributed by atoms with E-state index in [-0.39, 0.29) is 22.7 Å². The SMILES string of the molecule is CCc1cccc2c(-c3ccccc3)c(C(=O)NN=Cc3ccc(OC(=O)c4ccc([N+](=O)[O-])cc4)c(OC)c3)[nH]c12. The van der Waals surface area contributed by atoms with Crippen molar-refractivity contribution in [2.45, 2.75) is 13.3 Å². The summed E-state index contributed by atoms with van der Waals surface area (Å²) in [6, 6.07) is 25.6. The summed E-state index contributed by atoms with van der Waals surface area (Å²) in [6.07, 6.45) is 2.26. The van der Waals surface area contributed by atoms with Crippen LogP contribution in [0.1, 0.15) is 38.9 Å². The van der Waals surface area contributed by atoms with Gasteiger partial charge < -0.3 is 14.5 Å². The number of nitrogens with zero attached hydrogens (tertiary/aromatic N) is 2. The highest BCUT2D eigenvalue weighted by Crippen LogP contribution is 2.34. The van der Waals surface area contributed by atoms with Gasteiger partial charge in [0.15, 0.2) is 11.5 Å². The van der Waals surface area contributed by atoms with E-state index in [2.05, 4.69) is 22.4 Å². The first-order valence-electron chi connectivity index (χ1n) is 13.1. The quantitative estimate of drug-likeness (QED) is 0.0712. The fourth-order valence-corrected chi connectivity index (χ4v) is 4.60. The minimum absolute atomic E-state index is 0.133. The predicted octanol–water partition coefficient (Wildman–Crippen LogP) is 6.30. The molecule has 0 aliphatic carbocycles. The van der Waals surface area contributed by atoms with Crippen molar-refractivity contribution in [2.24, 2.45) is 5.10 Å². The van der Waals surface area contributed by atoms with Crippen molar-refractivity contribution < 1.29 is 24.0 Å². The molecule has 0 radical (unpaired) electrons. The van der Waals surface area contributed by atoms with E-state index in [0.29, 0.717) is 11.3 Å². The topological polar surface area (TPSA) is 136 Å². The van der Waals surface area contributed by atoms with Crippen molar-refractivity contribution in [3.63, 3.8) is 0 Å². The largest absolute Gasteiger partial charge is 0.493 e. The van der Waals surface area contributed by atoms with Crippen LogP contribution in [0.2, 0.25) is 0 Å². The number of para-hydroxylation sites is 1. The number of esters is 1. The number of ether oxygens (including phenoxy) is 2. The molecule has 42 heavy (non-hydrogen) atoms. The van der Waals surface area contributed by atoms with Crippen LogP contribution in [0, 0.1) is 10.1 Å². The fraction of sp³-hybridized carbons (Fsp3) is 0.0938. The second-order valence-electron chi connectivity index (χ2n) is 9.24. The number of carbonyl (C=O) groups is 2. The van der Waals surface area contributed by atoms with E-state index < -0.39 is 16.8 Å². The standard InChI is InChI=1S/C32H26N4O6/c1-3-21-10-7-11-25-28(22-8-5-4-6-9-22)30(34-29(21)25)31(37)35-33-19-20-12-17-26(27(18-20)41-2)42-32(38)23-13-15-24(16-14-23)36(39)40/h4-19,34H,3H2,1-2H3,(H,35,37). The number of hydrazone groups is 1. The number of non-ortho nitro benzene ring substituents is 1. The van der Waals surface area contributed by atoms with Crippen molar-refractivity contribution in [3.8, 4) is 22.6 Å². The van der Waals surface area contributed by atoms with Gasteiger partial charge in [-0.15, -0.1) is 0 Å². The van der Waals surface area contributed by atoms with E-state index in [1.54, 1.807) is 12.1 Å². The Kier molecular flexibility index (Phi) is 8.05. The highest BCUT2D eigenvalue weighted by Gasteiger charge is 2.20. The minimum atomic E-state index is -0.698. The average molecular weight is 563 g/mol. The van der Waals surface area contributed by atoms with Crippen LogP contribution in [0.3, 0.4) is 0 Å². The molecule has 0 saturated carbocycles. The van der Waals surface area contributed by atoms with Gasteiger partial charge in [-0.1, -0.05) is 55.5 Å². The number of aromatic nitrogens is 1. The fourth-order valence-electron chi connectivity index (χ4n) is 4.60. The molecule has 0 unspecified atom stereocenters. The second-order valence-corrected chi connectivity index (χ2v) is 9.24. The number of amides is 1. The second kappa shape index (κ2) is 12.2. The monoisotopic (exact) mass is 562 g/mol. The summed E-state index contributed by atoms with van der Waals surface area (Å²) < 4.78 is 10.8. The molecular formula is C32H26N4O6. The Balaban J connectivity index is 1.34. The van der Waals surface area contributed by atoms with Gasteiger partial charge in [0.2, 0.25) is 0 Å². The van der Waals surface area contributed by atoms with Crippen LogP contribution in [0.15, 0.2) is 96.1 Å². The third-order valence-electron chi connectivity index (χ3n) is 6.67. The number of nitrogens with one attached hydrogen (secondary N) is 2. The Labute approximate surface area is 240 Å². The van der Waals surface area contributed by atoms with Gasteiger partial charge in [0.25, 0.3) is 11.6 Å². The molecule has 0 aliphatic heterocycles. The Hall–Kier alpha value is -5.77. The first-order chi connectivity index (χ1) is 20.4. The molecule has 0 aliphatic rings. The zero-order valence-corrected chi connectivity index (χ0v) is 22.8. The van der Waals surface area contributed by atoms with Crippen molar-refractivity contribution in [1.29, 1.82) is 0 Å². The molecule has 4 aromatic carbocycles. The molecule has 0 atom stereocenters. The number of nitro benzene ring substituents is 1. The van der Waals surface area contributed by atoms with Crippen LogP contribution < -0.4 is 14.9 Å². The molecule has 0 saturated heterocycles. The lowest BCUT2D eigenvalue weighted by atomic mass is 10.00. The van der Waals surface area contributed by atoms with Crippen LogP contribution in [-0.4, -0.2) is 35.1 Å². The Morgan fingerprint density at radius 3 is 2.43 bits per heavy atom. The van der Waals surface area contributed by atoms with Gasteiger partial charge in [0, 0.05) is 28.6 Å². The number of hydrogen-bond donors (Lipinski definition) is 2. The number of aryl methyl sites for hydroxylation is 1. The smallest absolute Gasteiger partial charge is 0.343 e. The maximum atomic E-state index is 13.3. The Morgan fingerprint density at radius 2 is 1.74 bits per heavy atom. The lowest BCUT2D eigenvalue weighted by Crippen LogP contribution is -2.19. The van der Waals surface area contributed by atoms with E-state index in [1.807, 2.05) is 48.5 Å². The van der Waals surface area contributed by atoms with Crippen molar-refractivity contribution in [2.75, 3.05) is 7.11 Å². The first kappa shape index (κ1) is 27.8. The van der Waals surface area contributed by atoms with E-state index in [1.165, 1.54) is 43.7 Å². The van der Waals surface area contributed by atoms with Crippen LogP contribution in [-0.2, 0) is 6.42 Å². The number of hydrogen-bond acceptors (Lipinski definition) is 7. The van der Waals surface area contributed by atoms with Crippen LogP contribution in [0.25, 0.3) is 22.0 Å². The molecule has 1 amide bonds. The third kappa shape index (κ3) is 5.73. The van der Waals surface area contributed by atoms with E-state index in [4.69, 9.17) is 9.47 Å². The maximum Gasteiger partial charge on any atom is 0.343 e. The Bertz CT molecular complexity index is 1810. The van der Waals surface area contributed by atoms with Gasteiger partial charge in [0.1, 0.15) is 5.69 Å². The summed E-state index contributed by atoms with van der Waals surface area (Å²) in [6.45, 7) is 2.07. The van der Waals surface area contributed by atoms with Gasteiger partial charge in [-0.05, 0) is 53.4 Å². The van der Waals surface area contributed by atoms with E-state index >= 15 is 0 Å². The number of fused-ring (bicyclic) bond motifs is 1. The van der Waals surface area contributed by atoms with Crippen molar-refractivity contribution >= 4 is 34.7 Å². The highest BCUT2D eigenvalue weighted by molar-refractivity contribution is 6.10. The first-order valence-corrected chi connectivity index (χ1v) is 13.1. The van der Waals surface area contributed by atoms with Gasteiger partial charge in [-0.2, -0.15) is 5.10 Å². The summed E-state index contributed by atoms with van der Waals surface area (Å²) in [5.41, 5.74) is 7.33. The molecule has 5 aromatic rings. The summed E-state index contributed by atoms with van der Waals surface area (Å²) in [7, 11) is 1.42. The van der Waals surface area contributed by atoms with Crippen molar-refractivity contribution in [3.05, 3.63) is 123 Å². The summed E-state index contributed by atoms with van der Waals surface area (Å²) >= 11 is 0. The lowest BCUT2D eigenvalue weighted by Gasteiger charge is -2.10. The van der Waals surface area contributed by atoms with Gasteiger partial charge in [-0.25, -0.2) is 10.2 Å². The Morgan fingerprint density at radius 1 is 0.976 bits per heavy atom. The summed E-state index contributed by atoms with van der Waals surface area (Å²) in [5, 5.41) is 15.9. The highest BCUT2D eigenvalue weighted by atomic mass is 16.6. The molecule has 0 fully saturated rings. The average Bonchev–Trinajstić information content (AvgIpc) is 3.42. The van der Waals surface area contributed by atoms with Crippen LogP contribution >= 0.6 is 0 Å². The summed E-state index contributed by atoms with van der Waals surface area (Å²) in [5.74, 6) is -0.686. The molecule has 0 bridgehead atoms. The number of rotatable bonds is 9. The molecule has 10 nitrogen and oxygen atoms in total. The zero-order valence-electron chi connectivity index (χ0n) is 22.8. The number of benzene rings is 4. The molecule has 1 aromatic heterocycles. The predicted molar refractivity (Wildman–Crippen MR) is 159 cm³/mol. The number of nitro groups is 1. The number of aromatic amines is 1.